The fraction of sp³-hybridized carbons (Fsp3) is 0.240. The molecule has 7 heteroatoms. The van der Waals surface area contributed by atoms with Crippen LogP contribution in [-0.4, -0.2) is 38.7 Å². The molecule has 32 heavy (non-hydrogen) atoms. The number of carbonyl (C=O) groups excluding carboxylic acids is 1. The van der Waals surface area contributed by atoms with Gasteiger partial charge >= 0.3 is 0 Å². The van der Waals surface area contributed by atoms with Crippen molar-refractivity contribution in [3.8, 4) is 16.3 Å². The molecule has 0 aliphatic carbocycles. The van der Waals surface area contributed by atoms with Gasteiger partial charge in [0, 0.05) is 41.8 Å². The van der Waals surface area contributed by atoms with Gasteiger partial charge in [0.15, 0.2) is 0 Å². The Morgan fingerprint density at radius 1 is 1.06 bits per heavy atom. The van der Waals surface area contributed by atoms with Crippen molar-refractivity contribution in [2.45, 2.75) is 26.4 Å². The van der Waals surface area contributed by atoms with E-state index in [-0.39, 0.29) is 11.9 Å². The zero-order chi connectivity index (χ0) is 22.1. The van der Waals surface area contributed by atoms with Crippen molar-refractivity contribution in [1.82, 2.24) is 25.0 Å². The summed E-state index contributed by atoms with van der Waals surface area (Å²) in [5, 5.41) is 10.9. The molecule has 4 aromatic rings. The summed E-state index contributed by atoms with van der Waals surface area (Å²) in [4.78, 5) is 20.1. The maximum Gasteiger partial charge on any atom is 0.242 e. The highest BCUT2D eigenvalue weighted by molar-refractivity contribution is 7.13. The van der Waals surface area contributed by atoms with Crippen molar-refractivity contribution in [1.29, 1.82) is 0 Å². The van der Waals surface area contributed by atoms with Gasteiger partial charge in [-0.1, -0.05) is 48.5 Å². The fourth-order valence-electron chi connectivity index (χ4n) is 4.37. The molecule has 1 N–H and O–H groups in total. The summed E-state index contributed by atoms with van der Waals surface area (Å²) >= 11 is 1.64. The molecule has 0 saturated carbocycles. The van der Waals surface area contributed by atoms with Crippen LogP contribution in [-0.2, 0) is 11.3 Å². The van der Waals surface area contributed by atoms with Crippen LogP contribution in [0.1, 0.15) is 28.7 Å². The van der Waals surface area contributed by atoms with Crippen molar-refractivity contribution >= 4 is 17.2 Å². The summed E-state index contributed by atoms with van der Waals surface area (Å²) in [5.74, 6) is 0.0218. The predicted octanol–water partition coefficient (Wildman–Crippen LogP) is 4.29. The molecule has 5 rings (SSSR count). The molecule has 1 aliphatic rings. The number of amides is 1. The van der Waals surface area contributed by atoms with Gasteiger partial charge in [-0.25, -0.2) is 9.67 Å². The van der Waals surface area contributed by atoms with E-state index in [2.05, 4.69) is 27.7 Å². The molecule has 2 aromatic heterocycles. The lowest BCUT2D eigenvalue weighted by Gasteiger charge is -2.35. The number of benzene rings is 2. The third kappa shape index (κ3) is 3.85. The molecule has 1 atom stereocenters. The van der Waals surface area contributed by atoms with E-state index in [4.69, 9.17) is 10.1 Å². The summed E-state index contributed by atoms with van der Waals surface area (Å²) in [5.41, 5.74) is 5.94. The molecule has 1 fully saturated rings. The average molecular weight is 444 g/mol. The van der Waals surface area contributed by atoms with Gasteiger partial charge in [0.05, 0.1) is 17.1 Å². The lowest BCUT2D eigenvalue weighted by molar-refractivity contribution is -0.129. The minimum absolute atomic E-state index is 0.0218. The van der Waals surface area contributed by atoms with Crippen LogP contribution >= 0.6 is 11.3 Å². The normalized spacial score (nSPS) is 16.8. The van der Waals surface area contributed by atoms with E-state index in [1.54, 1.807) is 11.3 Å². The Balaban J connectivity index is 1.46. The van der Waals surface area contributed by atoms with E-state index in [1.807, 2.05) is 67.1 Å². The molecule has 1 saturated heterocycles. The summed E-state index contributed by atoms with van der Waals surface area (Å²) in [6, 6.07) is 19.9. The first-order valence-corrected chi connectivity index (χ1v) is 11.6. The number of rotatable bonds is 5. The van der Waals surface area contributed by atoms with Gasteiger partial charge in [-0.3, -0.25) is 9.69 Å². The molecule has 0 radical (unpaired) electrons. The standard InChI is InChI=1S/C25H25N5OS/c1-17-22(18(2)30(28-17)21-11-7-4-8-12-21)23-24(31)26-13-14-29(23)15-20-16-32-25(27-20)19-9-5-3-6-10-19/h3-12,16,23H,13-15H2,1-2H3,(H,26,31)/t23-/m1/s1. The molecule has 0 bridgehead atoms. The average Bonchev–Trinajstić information content (AvgIpc) is 3.40. The molecule has 1 amide bonds. The first-order chi connectivity index (χ1) is 15.6. The molecule has 1 aliphatic heterocycles. The number of hydrogen-bond donors (Lipinski definition) is 1. The van der Waals surface area contributed by atoms with Crippen molar-refractivity contribution in [3.05, 3.63) is 88.7 Å². The van der Waals surface area contributed by atoms with E-state index in [0.717, 1.165) is 45.4 Å². The van der Waals surface area contributed by atoms with Gasteiger partial charge < -0.3 is 5.32 Å². The van der Waals surface area contributed by atoms with E-state index >= 15 is 0 Å². The molecule has 162 valence electrons. The molecule has 0 unspecified atom stereocenters. The lowest BCUT2D eigenvalue weighted by atomic mass is 10.00. The third-order valence-electron chi connectivity index (χ3n) is 5.87. The van der Waals surface area contributed by atoms with Crippen LogP contribution in [0.4, 0.5) is 0 Å². The number of aryl methyl sites for hydroxylation is 1. The van der Waals surface area contributed by atoms with E-state index < -0.39 is 0 Å². The molecule has 6 nitrogen and oxygen atoms in total. The molecular formula is C25H25N5OS. The highest BCUT2D eigenvalue weighted by atomic mass is 32.1. The smallest absolute Gasteiger partial charge is 0.242 e. The van der Waals surface area contributed by atoms with Crippen molar-refractivity contribution in [2.24, 2.45) is 0 Å². The van der Waals surface area contributed by atoms with Gasteiger partial charge in [0.1, 0.15) is 11.0 Å². The van der Waals surface area contributed by atoms with Crippen molar-refractivity contribution in [2.75, 3.05) is 13.1 Å². The summed E-state index contributed by atoms with van der Waals surface area (Å²) < 4.78 is 1.93. The fourth-order valence-corrected chi connectivity index (χ4v) is 5.19. The monoisotopic (exact) mass is 443 g/mol. The minimum atomic E-state index is -0.386. The molecule has 0 spiro atoms. The number of para-hydroxylation sites is 1. The van der Waals surface area contributed by atoms with Gasteiger partial charge in [0.2, 0.25) is 5.91 Å². The number of piperazine rings is 1. The van der Waals surface area contributed by atoms with Crippen LogP contribution in [0.15, 0.2) is 66.0 Å². The van der Waals surface area contributed by atoms with E-state index in [9.17, 15) is 4.79 Å². The SMILES string of the molecule is Cc1nn(-c2ccccc2)c(C)c1[C@@H]1C(=O)NCCN1Cc1csc(-c2ccccc2)n1. The number of hydrogen-bond acceptors (Lipinski definition) is 5. The largest absolute Gasteiger partial charge is 0.353 e. The van der Waals surface area contributed by atoms with Crippen LogP contribution in [0.2, 0.25) is 0 Å². The second kappa shape index (κ2) is 8.68. The molecule has 2 aromatic carbocycles. The number of aromatic nitrogens is 3. The Morgan fingerprint density at radius 3 is 2.53 bits per heavy atom. The molecule has 3 heterocycles. The second-order valence-corrected chi connectivity index (χ2v) is 8.86. The number of carbonyl (C=O) groups is 1. The third-order valence-corrected chi connectivity index (χ3v) is 6.81. The zero-order valence-corrected chi connectivity index (χ0v) is 19.0. The van der Waals surface area contributed by atoms with Gasteiger partial charge in [-0.2, -0.15) is 5.10 Å². The number of thiazole rings is 1. The van der Waals surface area contributed by atoms with Crippen molar-refractivity contribution in [3.63, 3.8) is 0 Å². The van der Waals surface area contributed by atoms with Crippen LogP contribution in [0.25, 0.3) is 16.3 Å². The second-order valence-electron chi connectivity index (χ2n) is 8.01. The van der Waals surface area contributed by atoms with Crippen LogP contribution < -0.4 is 5.32 Å². The first kappa shape index (κ1) is 20.6. The topological polar surface area (TPSA) is 63.1 Å². The van der Waals surface area contributed by atoms with Gasteiger partial charge in [-0.05, 0) is 26.0 Å². The van der Waals surface area contributed by atoms with Crippen molar-refractivity contribution < 1.29 is 4.79 Å². The predicted molar refractivity (Wildman–Crippen MR) is 127 cm³/mol. The number of nitrogens with zero attached hydrogens (tertiary/aromatic N) is 4. The first-order valence-electron chi connectivity index (χ1n) is 10.7. The number of nitrogens with one attached hydrogen (secondary N) is 1. The lowest BCUT2D eigenvalue weighted by Crippen LogP contribution is -2.49. The summed E-state index contributed by atoms with van der Waals surface area (Å²) in [6.45, 7) is 6.05. The van der Waals surface area contributed by atoms with E-state index in [1.165, 1.54) is 0 Å². The molecular weight excluding hydrogens is 418 g/mol. The Kier molecular flexibility index (Phi) is 5.59. The highest BCUT2D eigenvalue weighted by Crippen LogP contribution is 2.32. The zero-order valence-electron chi connectivity index (χ0n) is 18.2. The Morgan fingerprint density at radius 2 is 1.78 bits per heavy atom. The Hall–Kier alpha value is -3.29. The van der Waals surface area contributed by atoms with Crippen LogP contribution in [0.5, 0.6) is 0 Å². The Bertz CT molecular complexity index is 1230. The van der Waals surface area contributed by atoms with Crippen LogP contribution in [0.3, 0.4) is 0 Å². The summed E-state index contributed by atoms with van der Waals surface area (Å²) in [6.07, 6.45) is 0. The van der Waals surface area contributed by atoms with E-state index in [0.29, 0.717) is 13.1 Å². The maximum atomic E-state index is 13.1. The van der Waals surface area contributed by atoms with Gasteiger partial charge in [-0.15, -0.1) is 11.3 Å². The maximum absolute atomic E-state index is 13.1. The summed E-state index contributed by atoms with van der Waals surface area (Å²) in [7, 11) is 0. The van der Waals surface area contributed by atoms with Crippen LogP contribution in [0, 0.1) is 13.8 Å². The Labute approximate surface area is 191 Å². The highest BCUT2D eigenvalue weighted by Gasteiger charge is 2.35. The van der Waals surface area contributed by atoms with Gasteiger partial charge in [0.25, 0.3) is 0 Å². The minimum Gasteiger partial charge on any atom is -0.353 e. The quantitative estimate of drug-likeness (QED) is 0.500.